The molecule has 236 valence electrons. The minimum atomic E-state index is 0.509. The Kier molecular flexibility index (Phi) is 29.3. The van der Waals surface area contributed by atoms with Crippen molar-refractivity contribution in [2.24, 2.45) is 58.2 Å². The van der Waals surface area contributed by atoms with Gasteiger partial charge in [-0.2, -0.15) is 0 Å². The first kappa shape index (κ1) is 45.0. The molecule has 0 fully saturated rings. The van der Waals surface area contributed by atoms with Gasteiger partial charge in [-0.1, -0.05) is 183 Å². The zero-order valence-corrected chi connectivity index (χ0v) is 31.3. The van der Waals surface area contributed by atoms with Crippen LogP contribution in [0.25, 0.3) is 0 Å². The van der Waals surface area contributed by atoms with Crippen LogP contribution in [0.3, 0.4) is 0 Å². The molecule has 0 aromatic carbocycles. The Hall–Kier alpha value is 0. The van der Waals surface area contributed by atoms with Crippen LogP contribution in [0.1, 0.15) is 190 Å². The van der Waals surface area contributed by atoms with Crippen LogP contribution in [0, 0.1) is 58.2 Å². The third kappa shape index (κ3) is 27.6. The Morgan fingerprint density at radius 1 is 0.474 bits per heavy atom. The van der Waals surface area contributed by atoms with Crippen molar-refractivity contribution < 1.29 is 0 Å². The summed E-state index contributed by atoms with van der Waals surface area (Å²) in [6.45, 7) is 46.3. The van der Waals surface area contributed by atoms with Gasteiger partial charge in [-0.05, 0) is 64.6 Å². The molecule has 0 aromatic rings. The Morgan fingerprint density at radius 2 is 0.842 bits per heavy atom. The summed E-state index contributed by atoms with van der Waals surface area (Å²) in [5, 5.41) is 0. The Bertz CT molecular complexity index is 441. The topological polar surface area (TPSA) is 0 Å². The molecule has 0 saturated carbocycles. The average Bonchev–Trinajstić information content (AvgIpc) is 2.84. The Balaban J connectivity index is -0.000000206. The fourth-order valence-corrected chi connectivity index (χ4v) is 4.62. The van der Waals surface area contributed by atoms with Crippen molar-refractivity contribution in [3.8, 4) is 0 Å². The third-order valence-corrected chi connectivity index (χ3v) is 9.94. The van der Waals surface area contributed by atoms with E-state index in [4.69, 9.17) is 0 Å². The van der Waals surface area contributed by atoms with Gasteiger partial charge in [0.1, 0.15) is 0 Å². The van der Waals surface area contributed by atoms with Crippen molar-refractivity contribution in [1.82, 2.24) is 0 Å². The highest BCUT2D eigenvalue weighted by atomic mass is 14.3. The first-order valence-electron chi connectivity index (χ1n) is 17.2. The molecular weight excluding hydrogens is 456 g/mol. The lowest BCUT2D eigenvalue weighted by Gasteiger charge is -2.29. The van der Waals surface area contributed by atoms with Crippen LogP contribution in [0.5, 0.6) is 0 Å². The molecule has 0 bridgehead atoms. The van der Waals surface area contributed by atoms with Gasteiger partial charge in [0.15, 0.2) is 0 Å². The maximum absolute atomic E-state index is 2.41. The zero-order valence-electron chi connectivity index (χ0n) is 31.3. The van der Waals surface area contributed by atoms with E-state index >= 15 is 0 Å². The van der Waals surface area contributed by atoms with E-state index in [0.29, 0.717) is 10.8 Å². The quantitative estimate of drug-likeness (QED) is 0.231. The van der Waals surface area contributed by atoms with Crippen molar-refractivity contribution in [2.75, 3.05) is 0 Å². The molecule has 0 aromatic heterocycles. The highest BCUT2D eigenvalue weighted by molar-refractivity contribution is 4.71. The van der Waals surface area contributed by atoms with E-state index in [1.165, 1.54) is 51.4 Å². The summed E-state index contributed by atoms with van der Waals surface area (Å²) in [5.74, 6) is 7.11. The normalized spacial score (nSPS) is 16.6. The molecule has 4 unspecified atom stereocenters. The van der Waals surface area contributed by atoms with Gasteiger partial charge in [0.2, 0.25) is 0 Å². The van der Waals surface area contributed by atoms with Crippen molar-refractivity contribution >= 4 is 0 Å². The van der Waals surface area contributed by atoms with E-state index in [9.17, 15) is 0 Å². The van der Waals surface area contributed by atoms with E-state index < -0.39 is 0 Å². The van der Waals surface area contributed by atoms with Gasteiger partial charge < -0.3 is 0 Å². The summed E-state index contributed by atoms with van der Waals surface area (Å²) in [4.78, 5) is 0. The number of rotatable bonds is 12. The van der Waals surface area contributed by atoms with Crippen molar-refractivity contribution in [3.63, 3.8) is 0 Å². The molecule has 0 N–H and O–H groups in total. The lowest BCUT2D eigenvalue weighted by atomic mass is 9.77. The zero-order chi connectivity index (χ0) is 31.3. The fourth-order valence-electron chi connectivity index (χ4n) is 4.62. The summed E-state index contributed by atoms with van der Waals surface area (Å²) in [7, 11) is 0. The number of hydrogen-bond donors (Lipinski definition) is 0. The standard InChI is InChI=1S/C12H26.C10H22.2C8H18/c1-7-9(3)11(5)12(6)10(4)8-2;1-6-9(7-2)8-10(3,4)5;1-6-7(2)8(3,4)5;1-5-6-8(4)7(2)3/h9-12H,7-8H2,1-6H3;9H,6-8H2,1-5H3;7H,6H2,1-5H3;7-8H,5-6H2,1-4H3/t;;7-;8-/m..00/s1. The molecule has 0 radical (unpaired) electrons. The van der Waals surface area contributed by atoms with Crippen LogP contribution in [0.4, 0.5) is 0 Å². The third-order valence-electron chi connectivity index (χ3n) is 9.94. The predicted molar refractivity (Wildman–Crippen MR) is 183 cm³/mol. The summed E-state index contributed by atoms with van der Waals surface area (Å²) in [5.41, 5.74) is 1.03. The van der Waals surface area contributed by atoms with E-state index in [0.717, 1.165) is 47.3 Å². The van der Waals surface area contributed by atoms with Crippen molar-refractivity contribution in [1.29, 1.82) is 0 Å². The molecule has 0 aliphatic carbocycles. The number of hydrogen-bond acceptors (Lipinski definition) is 0. The lowest BCUT2D eigenvalue weighted by molar-refractivity contribution is 0.205. The average molecular weight is 541 g/mol. The summed E-state index contributed by atoms with van der Waals surface area (Å²) < 4.78 is 0. The molecule has 0 amide bonds. The minimum Gasteiger partial charge on any atom is -0.0654 e. The van der Waals surface area contributed by atoms with Crippen molar-refractivity contribution in [2.45, 2.75) is 190 Å². The van der Waals surface area contributed by atoms with Crippen molar-refractivity contribution in [3.05, 3.63) is 0 Å². The monoisotopic (exact) mass is 541 g/mol. The summed E-state index contributed by atoms with van der Waals surface area (Å²) in [6, 6.07) is 0. The predicted octanol–water partition coefficient (Wildman–Crippen LogP) is 14.4. The largest absolute Gasteiger partial charge is 0.0654 e. The molecule has 0 nitrogen and oxygen atoms in total. The first-order chi connectivity index (χ1) is 17.2. The van der Waals surface area contributed by atoms with E-state index in [1.807, 2.05) is 0 Å². The van der Waals surface area contributed by atoms with E-state index in [-0.39, 0.29) is 0 Å². The van der Waals surface area contributed by atoms with Crippen LogP contribution in [0.15, 0.2) is 0 Å². The van der Waals surface area contributed by atoms with Gasteiger partial charge in [0.05, 0.1) is 0 Å². The van der Waals surface area contributed by atoms with Crippen LogP contribution in [0.2, 0.25) is 0 Å². The van der Waals surface area contributed by atoms with Crippen LogP contribution in [-0.4, -0.2) is 0 Å². The molecule has 38 heavy (non-hydrogen) atoms. The maximum Gasteiger partial charge on any atom is -0.0357 e. The second kappa shape index (κ2) is 24.8. The van der Waals surface area contributed by atoms with Gasteiger partial charge in [0.25, 0.3) is 0 Å². The molecule has 0 aliphatic heterocycles. The highest BCUT2D eigenvalue weighted by Crippen LogP contribution is 2.30. The maximum atomic E-state index is 2.41. The fraction of sp³-hybridized carbons (Fsp3) is 1.00. The second-order valence-electron chi connectivity index (χ2n) is 15.6. The summed E-state index contributed by atoms with van der Waals surface area (Å²) >= 11 is 0. The van der Waals surface area contributed by atoms with Gasteiger partial charge >= 0.3 is 0 Å². The summed E-state index contributed by atoms with van der Waals surface area (Å²) in [6.07, 6.45) is 10.7. The molecule has 0 spiro atoms. The van der Waals surface area contributed by atoms with Gasteiger partial charge in [-0.25, -0.2) is 0 Å². The minimum absolute atomic E-state index is 0.509. The van der Waals surface area contributed by atoms with Crippen LogP contribution in [-0.2, 0) is 0 Å². The smallest absolute Gasteiger partial charge is 0.0357 e. The second-order valence-corrected chi connectivity index (χ2v) is 15.6. The molecule has 0 heteroatoms. The van der Waals surface area contributed by atoms with Gasteiger partial charge in [-0.15, -0.1) is 0 Å². The first-order valence-corrected chi connectivity index (χ1v) is 17.2. The van der Waals surface area contributed by atoms with Crippen LogP contribution >= 0.6 is 0 Å². The molecule has 0 rings (SSSR count). The Labute approximate surface area is 247 Å². The van der Waals surface area contributed by atoms with Crippen LogP contribution < -0.4 is 0 Å². The highest BCUT2D eigenvalue weighted by Gasteiger charge is 2.21. The van der Waals surface area contributed by atoms with E-state index in [1.54, 1.807) is 0 Å². The Morgan fingerprint density at radius 3 is 0.947 bits per heavy atom. The molecule has 0 saturated heterocycles. The van der Waals surface area contributed by atoms with Gasteiger partial charge in [-0.3, -0.25) is 0 Å². The molecule has 0 aliphatic rings. The lowest BCUT2D eigenvalue weighted by Crippen LogP contribution is -2.21. The SMILES string of the molecule is CCC(C)C(C)C(C)C(C)CC.CCC(CC)CC(C)(C)C.CCC[C@H](C)C(C)C.CC[C@H](C)C(C)(C)C. The molecule has 0 heterocycles. The van der Waals surface area contributed by atoms with Gasteiger partial charge in [0, 0.05) is 0 Å². The van der Waals surface area contributed by atoms with E-state index in [2.05, 4.69) is 138 Å². The molecular formula is C38H84. The molecule has 6 atom stereocenters.